The Hall–Kier alpha value is -2.77. The van der Waals surface area contributed by atoms with Gasteiger partial charge in [0.15, 0.2) is 5.69 Å². The first-order valence-corrected chi connectivity index (χ1v) is 8.71. The third-order valence-electron chi connectivity index (χ3n) is 4.49. The van der Waals surface area contributed by atoms with Crippen molar-refractivity contribution >= 4 is 11.8 Å². The number of aryl methyl sites for hydroxylation is 1. The van der Waals surface area contributed by atoms with Gasteiger partial charge in [-0.2, -0.15) is 0 Å². The molecule has 1 aliphatic heterocycles. The van der Waals surface area contributed by atoms with Gasteiger partial charge in [0.2, 0.25) is 5.91 Å². The summed E-state index contributed by atoms with van der Waals surface area (Å²) in [5.74, 6) is -0.576. The van der Waals surface area contributed by atoms with Gasteiger partial charge < -0.3 is 10.2 Å². The molecule has 3 rings (SSSR count). The van der Waals surface area contributed by atoms with Gasteiger partial charge >= 0.3 is 0 Å². The molecule has 0 bridgehead atoms. The number of benzene rings is 1. The highest BCUT2D eigenvalue weighted by atomic mass is 19.1. The smallest absolute Gasteiger partial charge is 0.273 e. The summed E-state index contributed by atoms with van der Waals surface area (Å²) in [5, 5.41) is 10.4. The van der Waals surface area contributed by atoms with Crippen molar-refractivity contribution in [2.45, 2.75) is 31.7 Å². The normalized spacial score (nSPS) is 15.8. The Labute approximate surface area is 151 Å². The predicted octanol–water partition coefficient (Wildman–Crippen LogP) is 1.31. The van der Waals surface area contributed by atoms with Crippen LogP contribution in [0.25, 0.3) is 0 Å². The first-order chi connectivity index (χ1) is 12.5. The van der Waals surface area contributed by atoms with Crippen molar-refractivity contribution in [2.24, 2.45) is 7.05 Å². The van der Waals surface area contributed by atoms with Gasteiger partial charge in [-0.1, -0.05) is 17.3 Å². The maximum Gasteiger partial charge on any atom is 0.273 e. The molecule has 1 aliphatic rings. The zero-order valence-electron chi connectivity index (χ0n) is 14.7. The molecule has 138 valence electrons. The molecular weight excluding hydrogens is 337 g/mol. The molecule has 0 spiro atoms. The largest absolute Gasteiger partial charge is 0.349 e. The van der Waals surface area contributed by atoms with Gasteiger partial charge in [0.25, 0.3) is 5.91 Å². The second kappa shape index (κ2) is 8.07. The van der Waals surface area contributed by atoms with Crippen LogP contribution in [0.1, 0.15) is 35.3 Å². The third kappa shape index (κ3) is 4.44. The Kier molecular flexibility index (Phi) is 5.60. The van der Waals surface area contributed by atoms with Crippen molar-refractivity contribution in [1.82, 2.24) is 25.2 Å². The predicted molar refractivity (Wildman–Crippen MR) is 92.8 cm³/mol. The molecule has 26 heavy (non-hydrogen) atoms. The number of likely N-dealkylation sites (tertiary alicyclic amines) is 1. The Balaban J connectivity index is 1.71. The lowest BCUT2D eigenvalue weighted by molar-refractivity contribution is -0.135. The zero-order valence-corrected chi connectivity index (χ0v) is 14.7. The van der Waals surface area contributed by atoms with E-state index in [1.54, 1.807) is 18.0 Å². The summed E-state index contributed by atoms with van der Waals surface area (Å²) in [6.07, 6.45) is 4.34. The standard InChI is InChI=1S/C18H22FN5O2/c1-23-12-16(21-22-23)18(26)20-11-15(24-8-3-2-7-17(24)25)10-13-5-4-6-14(19)9-13/h4-6,9,12,15H,2-3,7-8,10-11H2,1H3,(H,20,26). The number of hydrogen-bond acceptors (Lipinski definition) is 4. The molecule has 0 aliphatic carbocycles. The number of aromatic nitrogens is 3. The summed E-state index contributed by atoms with van der Waals surface area (Å²) in [4.78, 5) is 26.4. The number of halogens is 1. The van der Waals surface area contributed by atoms with E-state index in [2.05, 4.69) is 15.6 Å². The van der Waals surface area contributed by atoms with Crippen LogP contribution >= 0.6 is 0 Å². The minimum atomic E-state index is -0.341. The maximum absolute atomic E-state index is 13.5. The first kappa shape index (κ1) is 18.0. The van der Waals surface area contributed by atoms with E-state index in [0.29, 0.717) is 19.4 Å². The van der Waals surface area contributed by atoms with Crippen molar-refractivity contribution in [3.05, 3.63) is 47.5 Å². The fourth-order valence-corrected chi connectivity index (χ4v) is 3.19. The van der Waals surface area contributed by atoms with E-state index in [-0.39, 0.29) is 35.9 Å². The second-order valence-electron chi connectivity index (χ2n) is 6.52. The minimum Gasteiger partial charge on any atom is -0.349 e. The SMILES string of the molecule is Cn1cc(C(=O)NCC(Cc2cccc(F)c2)N2CCCCC2=O)nn1. The van der Waals surface area contributed by atoms with E-state index in [1.807, 2.05) is 6.07 Å². The highest BCUT2D eigenvalue weighted by Gasteiger charge is 2.27. The quantitative estimate of drug-likeness (QED) is 0.843. The maximum atomic E-state index is 13.5. The van der Waals surface area contributed by atoms with Crippen LogP contribution in [0.4, 0.5) is 4.39 Å². The lowest BCUT2D eigenvalue weighted by atomic mass is 10.0. The number of carbonyl (C=O) groups excluding carboxylic acids is 2. The number of nitrogens with zero attached hydrogens (tertiary/aromatic N) is 4. The highest BCUT2D eigenvalue weighted by molar-refractivity contribution is 5.91. The van der Waals surface area contributed by atoms with Gasteiger partial charge in [-0.15, -0.1) is 5.10 Å². The van der Waals surface area contributed by atoms with Crippen LogP contribution in [0, 0.1) is 5.82 Å². The molecular formula is C18H22FN5O2. The lowest BCUT2D eigenvalue weighted by Gasteiger charge is -2.35. The zero-order chi connectivity index (χ0) is 18.5. The van der Waals surface area contributed by atoms with Gasteiger partial charge in [-0.05, 0) is 37.0 Å². The Bertz CT molecular complexity index is 791. The average Bonchev–Trinajstić information content (AvgIpc) is 3.05. The summed E-state index contributed by atoms with van der Waals surface area (Å²) >= 11 is 0. The van der Waals surface area contributed by atoms with Crippen molar-refractivity contribution in [2.75, 3.05) is 13.1 Å². The van der Waals surface area contributed by atoms with Crippen molar-refractivity contribution in [1.29, 1.82) is 0 Å². The number of rotatable bonds is 6. The van der Waals surface area contributed by atoms with E-state index in [9.17, 15) is 14.0 Å². The van der Waals surface area contributed by atoms with Crippen molar-refractivity contribution < 1.29 is 14.0 Å². The van der Waals surface area contributed by atoms with Crippen LogP contribution in [-0.2, 0) is 18.3 Å². The van der Waals surface area contributed by atoms with E-state index in [1.165, 1.54) is 23.0 Å². The minimum absolute atomic E-state index is 0.0754. The van der Waals surface area contributed by atoms with Gasteiger partial charge in [-0.3, -0.25) is 14.3 Å². The Morgan fingerprint density at radius 2 is 2.23 bits per heavy atom. The fourth-order valence-electron chi connectivity index (χ4n) is 3.19. The fraction of sp³-hybridized carbons (Fsp3) is 0.444. The van der Waals surface area contributed by atoms with Crippen LogP contribution < -0.4 is 5.32 Å². The molecule has 0 radical (unpaired) electrons. The van der Waals surface area contributed by atoms with E-state index < -0.39 is 0 Å². The number of piperidine rings is 1. The van der Waals surface area contributed by atoms with Gasteiger partial charge in [0.05, 0.1) is 12.2 Å². The summed E-state index contributed by atoms with van der Waals surface area (Å²) in [6, 6.07) is 6.10. The number of hydrogen-bond donors (Lipinski definition) is 1. The molecule has 0 saturated carbocycles. The molecule has 2 aromatic rings. The molecule has 1 N–H and O–H groups in total. The van der Waals surface area contributed by atoms with Crippen LogP contribution in [0.5, 0.6) is 0 Å². The highest BCUT2D eigenvalue weighted by Crippen LogP contribution is 2.17. The van der Waals surface area contributed by atoms with Crippen LogP contribution in [0.2, 0.25) is 0 Å². The van der Waals surface area contributed by atoms with E-state index in [4.69, 9.17) is 0 Å². The molecule has 1 aromatic carbocycles. The number of nitrogens with one attached hydrogen (secondary N) is 1. The Morgan fingerprint density at radius 3 is 2.92 bits per heavy atom. The summed E-state index contributed by atoms with van der Waals surface area (Å²) in [7, 11) is 1.68. The third-order valence-corrected chi connectivity index (χ3v) is 4.49. The summed E-state index contributed by atoms with van der Waals surface area (Å²) in [5.41, 5.74) is 1.02. The molecule has 1 atom stereocenters. The van der Waals surface area contributed by atoms with Crippen molar-refractivity contribution in [3.63, 3.8) is 0 Å². The molecule has 2 heterocycles. The summed E-state index contributed by atoms with van der Waals surface area (Å²) < 4.78 is 15.0. The van der Waals surface area contributed by atoms with Gasteiger partial charge in [0, 0.05) is 26.6 Å². The van der Waals surface area contributed by atoms with Crippen LogP contribution in [0.15, 0.2) is 30.5 Å². The van der Waals surface area contributed by atoms with Crippen LogP contribution in [0.3, 0.4) is 0 Å². The molecule has 8 heteroatoms. The average molecular weight is 359 g/mol. The molecule has 1 saturated heterocycles. The first-order valence-electron chi connectivity index (χ1n) is 8.71. The van der Waals surface area contributed by atoms with E-state index in [0.717, 1.165) is 18.4 Å². The van der Waals surface area contributed by atoms with Crippen molar-refractivity contribution in [3.8, 4) is 0 Å². The molecule has 1 aromatic heterocycles. The van der Waals surface area contributed by atoms with Crippen LogP contribution in [-0.4, -0.2) is 50.8 Å². The van der Waals surface area contributed by atoms with Gasteiger partial charge in [-0.25, -0.2) is 4.39 Å². The second-order valence-corrected chi connectivity index (χ2v) is 6.52. The monoisotopic (exact) mass is 359 g/mol. The number of carbonyl (C=O) groups is 2. The molecule has 2 amide bonds. The Morgan fingerprint density at radius 1 is 1.38 bits per heavy atom. The topological polar surface area (TPSA) is 80.1 Å². The molecule has 1 unspecified atom stereocenters. The van der Waals surface area contributed by atoms with Gasteiger partial charge in [0.1, 0.15) is 5.82 Å². The van der Waals surface area contributed by atoms with E-state index >= 15 is 0 Å². The molecule has 7 nitrogen and oxygen atoms in total. The number of amides is 2. The summed E-state index contributed by atoms with van der Waals surface area (Å²) in [6.45, 7) is 0.928. The lowest BCUT2D eigenvalue weighted by Crippen LogP contribution is -2.50. The molecule has 1 fully saturated rings.